The van der Waals surface area contributed by atoms with Gasteiger partial charge >= 0.3 is 0 Å². The summed E-state index contributed by atoms with van der Waals surface area (Å²) in [6, 6.07) is 2.18. The molecule has 4 nitrogen and oxygen atoms in total. The Kier molecular flexibility index (Phi) is 5.47. The number of methoxy groups -OCH3 is 1. The number of hydrogen-bond donors (Lipinski definition) is 0. The fourth-order valence-electron chi connectivity index (χ4n) is 4.74. The molecule has 4 heteroatoms. The summed E-state index contributed by atoms with van der Waals surface area (Å²) in [5, 5.41) is 1.19. The maximum atomic E-state index is 12.9. The van der Waals surface area contributed by atoms with Crippen LogP contribution in [0.2, 0.25) is 0 Å². The number of carbonyl (C=O) groups is 1. The lowest BCUT2D eigenvalue weighted by Gasteiger charge is -2.19. The van der Waals surface area contributed by atoms with E-state index in [1.165, 1.54) is 36.6 Å². The zero-order valence-corrected chi connectivity index (χ0v) is 17.4. The molecule has 1 aliphatic carbocycles. The van der Waals surface area contributed by atoms with Crippen LogP contribution in [0.25, 0.3) is 16.5 Å². The number of carbonyl (C=O) groups excluding carboxylic acids is 1. The molecule has 1 fully saturated rings. The number of fused-ring (bicyclic) bond motifs is 3. The van der Waals surface area contributed by atoms with Crippen molar-refractivity contribution in [2.75, 3.05) is 20.2 Å². The minimum absolute atomic E-state index is 0.119. The predicted octanol–water partition coefficient (Wildman–Crippen LogP) is 5.43. The van der Waals surface area contributed by atoms with Crippen LogP contribution in [0.1, 0.15) is 67.9 Å². The van der Waals surface area contributed by atoms with E-state index in [1.54, 1.807) is 13.2 Å². The number of furan rings is 1. The van der Waals surface area contributed by atoms with Crippen molar-refractivity contribution in [2.45, 2.75) is 65.2 Å². The molecule has 0 unspecified atom stereocenters. The van der Waals surface area contributed by atoms with Gasteiger partial charge in [-0.25, -0.2) is 0 Å². The Hall–Kier alpha value is -2.23. The predicted molar refractivity (Wildman–Crippen MR) is 113 cm³/mol. The molecule has 28 heavy (non-hydrogen) atoms. The summed E-state index contributed by atoms with van der Waals surface area (Å²) in [5.74, 6) is 2.07. The lowest BCUT2D eigenvalue weighted by Crippen LogP contribution is -2.30. The zero-order valence-electron chi connectivity index (χ0n) is 17.4. The molecule has 1 aromatic heterocycles. The molecule has 2 aromatic rings. The summed E-state index contributed by atoms with van der Waals surface area (Å²) in [5.41, 5.74) is 5.28. The highest BCUT2D eigenvalue weighted by atomic mass is 16.5. The van der Waals surface area contributed by atoms with Crippen molar-refractivity contribution in [3.8, 4) is 5.75 Å². The average molecular weight is 382 g/mol. The first-order valence-corrected chi connectivity index (χ1v) is 10.7. The molecule has 0 bridgehead atoms. The Bertz CT molecular complexity index is 914. The van der Waals surface area contributed by atoms with E-state index in [0.717, 1.165) is 72.6 Å². The van der Waals surface area contributed by atoms with E-state index in [2.05, 4.69) is 13.0 Å². The van der Waals surface area contributed by atoms with Crippen LogP contribution in [-0.4, -0.2) is 31.0 Å². The average Bonchev–Trinajstić information content (AvgIpc) is 2.87. The van der Waals surface area contributed by atoms with E-state index in [-0.39, 0.29) is 5.91 Å². The van der Waals surface area contributed by atoms with Gasteiger partial charge in [-0.1, -0.05) is 12.8 Å². The SMILES string of the molecule is COc1c(/C(C)=C/C(=O)N2CCCCCC2)cc2c3c(oc2c1C)CCCC3. The normalized spacial score (nSPS) is 18.1. The van der Waals surface area contributed by atoms with Gasteiger partial charge < -0.3 is 14.1 Å². The van der Waals surface area contributed by atoms with Crippen LogP contribution in [0.3, 0.4) is 0 Å². The van der Waals surface area contributed by atoms with Gasteiger partial charge in [-0.15, -0.1) is 0 Å². The van der Waals surface area contributed by atoms with Crippen LogP contribution in [0, 0.1) is 6.92 Å². The fourth-order valence-corrected chi connectivity index (χ4v) is 4.74. The maximum absolute atomic E-state index is 12.9. The van der Waals surface area contributed by atoms with E-state index in [1.807, 2.05) is 11.8 Å². The van der Waals surface area contributed by atoms with Crippen LogP contribution in [0.4, 0.5) is 0 Å². The molecule has 4 rings (SSSR count). The van der Waals surface area contributed by atoms with Crippen LogP contribution in [0.5, 0.6) is 5.75 Å². The first kappa shape index (κ1) is 19.1. The molecule has 0 saturated carbocycles. The minimum atomic E-state index is 0.119. The number of hydrogen-bond acceptors (Lipinski definition) is 3. The standard InChI is InChI=1S/C24H31NO3/c1-16(14-22(26)25-12-8-4-5-9-13-25)19-15-20-18-10-6-7-11-21(18)28-24(20)17(2)23(19)27-3/h14-15H,4-13H2,1-3H3/b16-14+. The van der Waals surface area contributed by atoms with Gasteiger partial charge in [-0.3, -0.25) is 4.79 Å². The van der Waals surface area contributed by atoms with Crippen molar-refractivity contribution in [3.05, 3.63) is 34.6 Å². The van der Waals surface area contributed by atoms with Crippen LogP contribution >= 0.6 is 0 Å². The number of nitrogens with zero attached hydrogens (tertiary/aromatic N) is 1. The Morgan fingerprint density at radius 1 is 1.11 bits per heavy atom. The van der Waals surface area contributed by atoms with E-state index < -0.39 is 0 Å². The van der Waals surface area contributed by atoms with Gasteiger partial charge in [0.25, 0.3) is 0 Å². The quantitative estimate of drug-likeness (QED) is 0.665. The summed E-state index contributed by atoms with van der Waals surface area (Å²) in [6.07, 6.45) is 10.9. The Balaban J connectivity index is 1.75. The second kappa shape index (κ2) is 8.02. The summed E-state index contributed by atoms with van der Waals surface area (Å²) in [6.45, 7) is 5.81. The van der Waals surface area contributed by atoms with Crippen molar-refractivity contribution in [1.82, 2.24) is 4.90 Å². The van der Waals surface area contributed by atoms with Gasteiger partial charge in [0.1, 0.15) is 17.1 Å². The molecule has 0 atom stereocenters. The number of likely N-dealkylation sites (tertiary alicyclic amines) is 1. The highest BCUT2D eigenvalue weighted by Gasteiger charge is 2.23. The molecular formula is C24H31NO3. The van der Waals surface area contributed by atoms with Gasteiger partial charge in [0.15, 0.2) is 0 Å². The second-order valence-corrected chi connectivity index (χ2v) is 8.24. The summed E-state index contributed by atoms with van der Waals surface area (Å²) in [7, 11) is 1.70. The first-order chi connectivity index (χ1) is 13.6. The minimum Gasteiger partial charge on any atom is -0.496 e. The largest absolute Gasteiger partial charge is 0.496 e. The number of benzene rings is 1. The number of aryl methyl sites for hydroxylation is 3. The second-order valence-electron chi connectivity index (χ2n) is 8.24. The van der Waals surface area contributed by atoms with Crippen LogP contribution in [-0.2, 0) is 17.6 Å². The topological polar surface area (TPSA) is 42.7 Å². The molecule has 0 radical (unpaired) electrons. The van der Waals surface area contributed by atoms with E-state index in [0.29, 0.717) is 0 Å². The number of rotatable bonds is 3. The van der Waals surface area contributed by atoms with Crippen molar-refractivity contribution in [3.63, 3.8) is 0 Å². The van der Waals surface area contributed by atoms with Gasteiger partial charge in [0, 0.05) is 47.7 Å². The highest BCUT2D eigenvalue weighted by molar-refractivity contribution is 5.98. The number of allylic oxidation sites excluding steroid dienone is 1. The molecule has 2 aliphatic rings. The molecule has 0 N–H and O–H groups in total. The molecule has 0 spiro atoms. The van der Waals surface area contributed by atoms with Gasteiger partial charge in [0.2, 0.25) is 5.91 Å². The number of ether oxygens (including phenoxy) is 1. The smallest absolute Gasteiger partial charge is 0.246 e. The molecule has 1 aromatic carbocycles. The van der Waals surface area contributed by atoms with Crippen molar-refractivity contribution in [1.29, 1.82) is 0 Å². The van der Waals surface area contributed by atoms with E-state index in [9.17, 15) is 4.79 Å². The van der Waals surface area contributed by atoms with Gasteiger partial charge in [-0.2, -0.15) is 0 Å². The first-order valence-electron chi connectivity index (χ1n) is 10.7. The third-order valence-electron chi connectivity index (χ3n) is 6.31. The molecule has 1 amide bonds. The monoisotopic (exact) mass is 381 g/mol. The highest BCUT2D eigenvalue weighted by Crippen LogP contribution is 2.41. The molecule has 1 saturated heterocycles. The Morgan fingerprint density at radius 2 is 1.82 bits per heavy atom. The zero-order chi connectivity index (χ0) is 19.7. The lowest BCUT2D eigenvalue weighted by molar-refractivity contribution is -0.125. The molecular weight excluding hydrogens is 350 g/mol. The van der Waals surface area contributed by atoms with E-state index in [4.69, 9.17) is 9.15 Å². The molecule has 2 heterocycles. The van der Waals surface area contributed by atoms with Gasteiger partial charge in [0.05, 0.1) is 7.11 Å². The van der Waals surface area contributed by atoms with Crippen molar-refractivity contribution < 1.29 is 13.9 Å². The Morgan fingerprint density at radius 3 is 2.54 bits per heavy atom. The molecule has 1 aliphatic heterocycles. The summed E-state index contributed by atoms with van der Waals surface area (Å²) >= 11 is 0. The maximum Gasteiger partial charge on any atom is 0.246 e. The van der Waals surface area contributed by atoms with Crippen molar-refractivity contribution >= 4 is 22.4 Å². The van der Waals surface area contributed by atoms with Crippen molar-refractivity contribution in [2.24, 2.45) is 0 Å². The molecule has 150 valence electrons. The summed E-state index contributed by atoms with van der Waals surface area (Å²) < 4.78 is 12.0. The number of amides is 1. The van der Waals surface area contributed by atoms with Crippen LogP contribution in [0.15, 0.2) is 16.6 Å². The van der Waals surface area contributed by atoms with E-state index >= 15 is 0 Å². The fraction of sp³-hybridized carbons (Fsp3) is 0.542. The van der Waals surface area contributed by atoms with Gasteiger partial charge in [-0.05, 0) is 57.6 Å². The third kappa shape index (κ3) is 3.45. The lowest BCUT2D eigenvalue weighted by atomic mass is 9.93. The Labute approximate surface area is 167 Å². The van der Waals surface area contributed by atoms with Crippen LogP contribution < -0.4 is 4.74 Å². The summed E-state index contributed by atoms with van der Waals surface area (Å²) in [4.78, 5) is 14.8. The third-order valence-corrected chi connectivity index (χ3v) is 6.31.